The maximum Gasteiger partial charge on any atom is 0.192 e. The fourth-order valence-corrected chi connectivity index (χ4v) is 3.31. The summed E-state index contributed by atoms with van der Waals surface area (Å²) in [7, 11) is 1.64. The third kappa shape index (κ3) is 4.09. The normalized spacial score (nSPS) is 10.6. The van der Waals surface area contributed by atoms with Crippen molar-refractivity contribution in [1.82, 2.24) is 14.8 Å². The van der Waals surface area contributed by atoms with Gasteiger partial charge in [-0.3, -0.25) is 4.57 Å². The number of hydrogen-bond acceptors (Lipinski definition) is 4. The molecule has 0 N–H and O–H groups in total. The van der Waals surface area contributed by atoms with Gasteiger partial charge in [0.25, 0.3) is 0 Å². The molecule has 0 spiro atoms. The van der Waals surface area contributed by atoms with Crippen LogP contribution in [-0.4, -0.2) is 21.9 Å². The van der Waals surface area contributed by atoms with Crippen LogP contribution in [0.4, 0.5) is 4.39 Å². The van der Waals surface area contributed by atoms with Gasteiger partial charge in [-0.15, -0.1) is 16.8 Å². The standard InChI is InChI=1S/C19H18FN3OS/c1-3-11-23-18(15-7-9-17(24-2)10-8-15)21-22-19(23)25-13-14-5-4-6-16(20)12-14/h3-10,12H,1,11,13H2,2H3. The summed E-state index contributed by atoms with van der Waals surface area (Å²) in [6.07, 6.45) is 1.81. The molecule has 4 nitrogen and oxygen atoms in total. The molecule has 0 aliphatic heterocycles. The molecule has 2 aromatic carbocycles. The van der Waals surface area contributed by atoms with E-state index in [0.717, 1.165) is 27.9 Å². The van der Waals surface area contributed by atoms with Crippen molar-refractivity contribution in [3.8, 4) is 17.1 Å². The zero-order valence-corrected chi connectivity index (χ0v) is 14.7. The first kappa shape index (κ1) is 17.2. The van der Waals surface area contributed by atoms with Gasteiger partial charge in [-0.05, 0) is 42.0 Å². The Kier molecular flexibility index (Phi) is 5.50. The van der Waals surface area contributed by atoms with Gasteiger partial charge in [0, 0.05) is 17.9 Å². The lowest BCUT2D eigenvalue weighted by Gasteiger charge is -2.08. The Hall–Kier alpha value is -2.60. The minimum atomic E-state index is -0.232. The number of allylic oxidation sites excluding steroid dienone is 1. The van der Waals surface area contributed by atoms with Crippen LogP contribution in [0.3, 0.4) is 0 Å². The number of rotatable bonds is 7. The number of nitrogens with zero attached hydrogens (tertiary/aromatic N) is 3. The van der Waals surface area contributed by atoms with Crippen LogP contribution in [0.5, 0.6) is 5.75 Å². The van der Waals surface area contributed by atoms with Gasteiger partial charge in [0.05, 0.1) is 7.11 Å². The smallest absolute Gasteiger partial charge is 0.192 e. The maximum absolute atomic E-state index is 13.3. The molecule has 0 fully saturated rings. The Morgan fingerprint density at radius 2 is 2.00 bits per heavy atom. The molecule has 0 atom stereocenters. The monoisotopic (exact) mass is 355 g/mol. The summed E-state index contributed by atoms with van der Waals surface area (Å²) in [6, 6.07) is 14.3. The molecule has 0 bridgehead atoms. The van der Waals surface area contributed by atoms with Crippen LogP contribution in [0, 0.1) is 5.82 Å². The minimum Gasteiger partial charge on any atom is -0.497 e. The van der Waals surface area contributed by atoms with E-state index in [1.165, 1.54) is 23.9 Å². The first-order valence-corrected chi connectivity index (χ1v) is 8.75. The van der Waals surface area contributed by atoms with E-state index in [1.807, 2.05) is 41.0 Å². The summed E-state index contributed by atoms with van der Waals surface area (Å²) in [5.41, 5.74) is 1.86. The molecule has 3 aromatic rings. The van der Waals surface area contributed by atoms with Crippen molar-refractivity contribution >= 4 is 11.8 Å². The van der Waals surface area contributed by atoms with E-state index < -0.39 is 0 Å². The second-order valence-electron chi connectivity index (χ2n) is 5.35. The summed E-state index contributed by atoms with van der Waals surface area (Å²) in [4.78, 5) is 0. The predicted molar refractivity (Wildman–Crippen MR) is 98.2 cm³/mol. The van der Waals surface area contributed by atoms with E-state index in [9.17, 15) is 4.39 Å². The Bertz CT molecular complexity index is 861. The zero-order valence-electron chi connectivity index (χ0n) is 13.9. The number of ether oxygens (including phenoxy) is 1. The number of halogens is 1. The van der Waals surface area contributed by atoms with Crippen molar-refractivity contribution in [3.63, 3.8) is 0 Å². The number of hydrogen-bond donors (Lipinski definition) is 0. The number of methoxy groups -OCH3 is 1. The van der Waals surface area contributed by atoms with Gasteiger partial charge in [-0.25, -0.2) is 4.39 Å². The molecule has 25 heavy (non-hydrogen) atoms. The Labute approximate surface area is 150 Å². The van der Waals surface area contributed by atoms with Gasteiger partial charge in [0.2, 0.25) is 0 Å². The van der Waals surface area contributed by atoms with Gasteiger partial charge in [0.1, 0.15) is 11.6 Å². The molecule has 128 valence electrons. The summed E-state index contributed by atoms with van der Waals surface area (Å²) in [6.45, 7) is 4.41. The van der Waals surface area contributed by atoms with Crippen LogP contribution in [0.2, 0.25) is 0 Å². The molecule has 3 rings (SSSR count). The molecule has 1 heterocycles. The molecule has 0 aliphatic rings. The SMILES string of the molecule is C=CCn1c(SCc2cccc(F)c2)nnc1-c1ccc(OC)cc1. The molecular weight excluding hydrogens is 337 g/mol. The van der Waals surface area contributed by atoms with E-state index in [4.69, 9.17) is 4.74 Å². The van der Waals surface area contributed by atoms with Crippen molar-refractivity contribution in [3.05, 3.63) is 72.6 Å². The predicted octanol–water partition coefficient (Wildman–Crippen LogP) is 4.57. The lowest BCUT2D eigenvalue weighted by atomic mass is 10.2. The van der Waals surface area contributed by atoms with Crippen LogP contribution in [0.15, 0.2) is 66.3 Å². The number of benzene rings is 2. The number of thioether (sulfide) groups is 1. The zero-order chi connectivity index (χ0) is 17.6. The third-order valence-corrected chi connectivity index (χ3v) is 4.67. The lowest BCUT2D eigenvalue weighted by molar-refractivity contribution is 0.415. The Balaban J connectivity index is 1.84. The Morgan fingerprint density at radius 3 is 2.68 bits per heavy atom. The van der Waals surface area contributed by atoms with Crippen molar-refractivity contribution < 1.29 is 9.13 Å². The molecule has 0 saturated heterocycles. The fraction of sp³-hybridized carbons (Fsp3) is 0.158. The Morgan fingerprint density at radius 1 is 1.20 bits per heavy atom. The van der Waals surface area contributed by atoms with Gasteiger partial charge < -0.3 is 4.74 Å². The van der Waals surface area contributed by atoms with E-state index in [1.54, 1.807) is 13.2 Å². The minimum absolute atomic E-state index is 0.232. The first-order valence-electron chi connectivity index (χ1n) is 7.77. The summed E-state index contributed by atoms with van der Waals surface area (Å²) >= 11 is 1.52. The second-order valence-corrected chi connectivity index (χ2v) is 6.30. The lowest BCUT2D eigenvalue weighted by Crippen LogP contribution is -2.00. The van der Waals surface area contributed by atoms with Crippen molar-refractivity contribution in [2.45, 2.75) is 17.5 Å². The molecular formula is C19H18FN3OS. The molecule has 0 radical (unpaired) electrons. The van der Waals surface area contributed by atoms with E-state index in [0.29, 0.717) is 12.3 Å². The largest absolute Gasteiger partial charge is 0.497 e. The molecule has 0 amide bonds. The second kappa shape index (κ2) is 7.98. The van der Waals surface area contributed by atoms with Gasteiger partial charge >= 0.3 is 0 Å². The first-order chi connectivity index (χ1) is 12.2. The topological polar surface area (TPSA) is 39.9 Å². The van der Waals surface area contributed by atoms with Crippen LogP contribution in [0.1, 0.15) is 5.56 Å². The van der Waals surface area contributed by atoms with Crippen molar-refractivity contribution in [1.29, 1.82) is 0 Å². The highest BCUT2D eigenvalue weighted by Crippen LogP contribution is 2.27. The molecule has 6 heteroatoms. The molecule has 0 saturated carbocycles. The average molecular weight is 355 g/mol. The van der Waals surface area contributed by atoms with Crippen molar-refractivity contribution in [2.75, 3.05) is 7.11 Å². The van der Waals surface area contributed by atoms with Crippen molar-refractivity contribution in [2.24, 2.45) is 0 Å². The molecule has 0 unspecified atom stereocenters. The van der Waals surface area contributed by atoms with Crippen LogP contribution in [0.25, 0.3) is 11.4 Å². The highest BCUT2D eigenvalue weighted by Gasteiger charge is 2.14. The number of aromatic nitrogens is 3. The highest BCUT2D eigenvalue weighted by atomic mass is 32.2. The summed E-state index contributed by atoms with van der Waals surface area (Å²) < 4.78 is 20.5. The average Bonchev–Trinajstić information content (AvgIpc) is 3.03. The van der Waals surface area contributed by atoms with E-state index in [-0.39, 0.29) is 5.82 Å². The van der Waals surface area contributed by atoms with E-state index >= 15 is 0 Å². The summed E-state index contributed by atoms with van der Waals surface area (Å²) in [5.74, 6) is 1.95. The third-order valence-electron chi connectivity index (χ3n) is 3.63. The quantitative estimate of drug-likeness (QED) is 0.460. The maximum atomic E-state index is 13.3. The molecule has 0 aliphatic carbocycles. The van der Waals surface area contributed by atoms with Crippen LogP contribution < -0.4 is 4.74 Å². The highest BCUT2D eigenvalue weighted by molar-refractivity contribution is 7.98. The van der Waals surface area contributed by atoms with Gasteiger partial charge in [-0.2, -0.15) is 0 Å². The van der Waals surface area contributed by atoms with E-state index in [2.05, 4.69) is 16.8 Å². The fourth-order valence-electron chi connectivity index (χ4n) is 2.42. The van der Waals surface area contributed by atoms with Crippen LogP contribution in [-0.2, 0) is 12.3 Å². The molecule has 1 aromatic heterocycles. The summed E-state index contributed by atoms with van der Waals surface area (Å²) in [5, 5.41) is 9.39. The van der Waals surface area contributed by atoms with Crippen LogP contribution >= 0.6 is 11.8 Å². The van der Waals surface area contributed by atoms with Gasteiger partial charge in [-0.1, -0.05) is 30.0 Å². The van der Waals surface area contributed by atoms with Gasteiger partial charge in [0.15, 0.2) is 11.0 Å².